The molecule has 0 saturated heterocycles. The largest absolute Gasteiger partial charge is 0.489 e. The molecular formula is C10H14N2O2. The third-order valence-corrected chi connectivity index (χ3v) is 1.41. The lowest BCUT2D eigenvalue weighted by Crippen LogP contribution is -2.08. The average molecular weight is 194 g/mol. The van der Waals surface area contributed by atoms with E-state index >= 15 is 0 Å². The fourth-order valence-electron chi connectivity index (χ4n) is 1.03. The zero-order valence-corrected chi connectivity index (χ0v) is 8.57. The van der Waals surface area contributed by atoms with E-state index in [0.717, 1.165) is 0 Å². The molecule has 0 aliphatic rings. The smallest absolute Gasteiger partial charge is 0.221 e. The molecule has 0 bridgehead atoms. The molecule has 14 heavy (non-hydrogen) atoms. The van der Waals surface area contributed by atoms with E-state index in [4.69, 9.17) is 4.74 Å². The van der Waals surface area contributed by atoms with Crippen LogP contribution in [0.4, 0.5) is 5.69 Å². The van der Waals surface area contributed by atoms with Gasteiger partial charge in [-0.05, 0) is 13.8 Å². The van der Waals surface area contributed by atoms with Crippen LogP contribution in [0.25, 0.3) is 0 Å². The molecule has 0 aromatic carbocycles. The lowest BCUT2D eigenvalue weighted by molar-refractivity contribution is -0.114. The minimum absolute atomic E-state index is 0.101. The molecular weight excluding hydrogens is 180 g/mol. The average Bonchev–Trinajstić information content (AvgIpc) is 2.01. The lowest BCUT2D eigenvalue weighted by Gasteiger charge is -2.10. The number of amides is 1. The summed E-state index contributed by atoms with van der Waals surface area (Å²) in [6.45, 7) is 5.33. The van der Waals surface area contributed by atoms with Crippen molar-refractivity contribution in [1.82, 2.24) is 4.98 Å². The highest BCUT2D eigenvalue weighted by molar-refractivity contribution is 5.88. The summed E-state index contributed by atoms with van der Waals surface area (Å²) in [7, 11) is 0. The first-order valence-electron chi connectivity index (χ1n) is 4.47. The van der Waals surface area contributed by atoms with Gasteiger partial charge < -0.3 is 10.1 Å². The standard InChI is InChI=1S/C10H14N2O2/c1-7(2)14-10-4-9(5-11-6-10)12-8(3)13/h4-7H,1-3H3,(H,12,13). The van der Waals surface area contributed by atoms with Gasteiger partial charge in [0, 0.05) is 13.0 Å². The van der Waals surface area contributed by atoms with Crippen LogP contribution < -0.4 is 10.1 Å². The first-order valence-corrected chi connectivity index (χ1v) is 4.47. The minimum Gasteiger partial charge on any atom is -0.489 e. The first-order chi connectivity index (χ1) is 6.58. The van der Waals surface area contributed by atoms with E-state index in [2.05, 4.69) is 10.3 Å². The van der Waals surface area contributed by atoms with Gasteiger partial charge in [-0.3, -0.25) is 9.78 Å². The first kappa shape index (κ1) is 10.5. The van der Waals surface area contributed by atoms with Crippen LogP contribution in [0.15, 0.2) is 18.5 Å². The molecule has 1 aromatic heterocycles. The number of pyridine rings is 1. The minimum atomic E-state index is -0.117. The zero-order valence-electron chi connectivity index (χ0n) is 8.57. The molecule has 76 valence electrons. The van der Waals surface area contributed by atoms with E-state index in [0.29, 0.717) is 11.4 Å². The maximum absolute atomic E-state index is 10.8. The molecule has 0 fully saturated rings. The second kappa shape index (κ2) is 4.60. The second-order valence-corrected chi connectivity index (χ2v) is 3.26. The number of nitrogens with zero attached hydrogens (tertiary/aromatic N) is 1. The molecule has 1 amide bonds. The van der Waals surface area contributed by atoms with Crippen molar-refractivity contribution in [1.29, 1.82) is 0 Å². The van der Waals surface area contributed by atoms with E-state index in [1.54, 1.807) is 18.5 Å². The summed E-state index contributed by atoms with van der Waals surface area (Å²) in [5.41, 5.74) is 0.649. The monoisotopic (exact) mass is 194 g/mol. The molecule has 4 nitrogen and oxygen atoms in total. The van der Waals surface area contributed by atoms with Gasteiger partial charge in [0.1, 0.15) is 5.75 Å². The van der Waals surface area contributed by atoms with Crippen LogP contribution in [0.3, 0.4) is 0 Å². The van der Waals surface area contributed by atoms with Crippen molar-refractivity contribution in [2.24, 2.45) is 0 Å². The van der Waals surface area contributed by atoms with Crippen LogP contribution >= 0.6 is 0 Å². The quantitative estimate of drug-likeness (QED) is 0.798. The van der Waals surface area contributed by atoms with Gasteiger partial charge in [-0.15, -0.1) is 0 Å². The van der Waals surface area contributed by atoms with Gasteiger partial charge in [0.05, 0.1) is 24.2 Å². The maximum Gasteiger partial charge on any atom is 0.221 e. The van der Waals surface area contributed by atoms with Gasteiger partial charge in [-0.2, -0.15) is 0 Å². The van der Waals surface area contributed by atoms with E-state index in [1.165, 1.54) is 6.92 Å². The molecule has 0 aliphatic heterocycles. The number of carbonyl (C=O) groups is 1. The molecule has 0 spiro atoms. The summed E-state index contributed by atoms with van der Waals surface area (Å²) < 4.78 is 5.42. The topological polar surface area (TPSA) is 51.2 Å². The van der Waals surface area contributed by atoms with Gasteiger partial charge in [0.15, 0.2) is 0 Å². The maximum atomic E-state index is 10.8. The number of hydrogen-bond acceptors (Lipinski definition) is 3. The van der Waals surface area contributed by atoms with Crippen LogP contribution in [0, 0.1) is 0 Å². The summed E-state index contributed by atoms with van der Waals surface area (Å²) in [6, 6.07) is 1.74. The SMILES string of the molecule is CC(=O)Nc1cncc(OC(C)C)c1. The van der Waals surface area contributed by atoms with Crippen molar-refractivity contribution in [2.75, 3.05) is 5.32 Å². The number of carbonyl (C=O) groups excluding carboxylic acids is 1. The molecule has 1 aromatic rings. The number of rotatable bonds is 3. The van der Waals surface area contributed by atoms with Gasteiger partial charge >= 0.3 is 0 Å². The lowest BCUT2D eigenvalue weighted by atomic mass is 10.4. The molecule has 0 atom stereocenters. The Hall–Kier alpha value is -1.58. The molecule has 1 rings (SSSR count). The van der Waals surface area contributed by atoms with Crippen molar-refractivity contribution in [3.63, 3.8) is 0 Å². The van der Waals surface area contributed by atoms with Crippen molar-refractivity contribution < 1.29 is 9.53 Å². The van der Waals surface area contributed by atoms with E-state index in [1.807, 2.05) is 13.8 Å². The Kier molecular flexibility index (Phi) is 3.45. The predicted octanol–water partition coefficient (Wildman–Crippen LogP) is 1.83. The van der Waals surface area contributed by atoms with Crippen molar-refractivity contribution in [3.8, 4) is 5.75 Å². The fraction of sp³-hybridized carbons (Fsp3) is 0.400. The molecule has 0 unspecified atom stereocenters. The Labute approximate surface area is 83.3 Å². The highest BCUT2D eigenvalue weighted by atomic mass is 16.5. The Balaban J connectivity index is 2.73. The van der Waals surface area contributed by atoms with Gasteiger partial charge in [-0.25, -0.2) is 0 Å². The van der Waals surface area contributed by atoms with E-state index in [-0.39, 0.29) is 12.0 Å². The number of ether oxygens (including phenoxy) is 1. The van der Waals surface area contributed by atoms with Crippen LogP contribution in [0.1, 0.15) is 20.8 Å². The Morgan fingerprint density at radius 2 is 2.21 bits per heavy atom. The van der Waals surface area contributed by atoms with Gasteiger partial charge in [0.25, 0.3) is 0 Å². The normalized spacial score (nSPS) is 10.0. The Morgan fingerprint density at radius 1 is 1.50 bits per heavy atom. The molecule has 0 radical (unpaired) electrons. The number of aromatic nitrogens is 1. The van der Waals surface area contributed by atoms with Crippen LogP contribution in [0.2, 0.25) is 0 Å². The summed E-state index contributed by atoms with van der Waals surface area (Å²) in [6.07, 6.45) is 3.30. The Bertz CT molecular complexity index is 324. The van der Waals surface area contributed by atoms with Crippen molar-refractivity contribution in [2.45, 2.75) is 26.9 Å². The predicted molar refractivity (Wildman–Crippen MR) is 54.3 cm³/mol. The van der Waals surface area contributed by atoms with Crippen LogP contribution in [0.5, 0.6) is 5.75 Å². The summed E-state index contributed by atoms with van der Waals surface area (Å²) in [5.74, 6) is 0.541. The van der Waals surface area contributed by atoms with E-state index < -0.39 is 0 Å². The number of hydrogen-bond donors (Lipinski definition) is 1. The molecule has 1 N–H and O–H groups in total. The van der Waals surface area contributed by atoms with E-state index in [9.17, 15) is 4.79 Å². The summed E-state index contributed by atoms with van der Waals surface area (Å²) in [4.78, 5) is 14.7. The van der Waals surface area contributed by atoms with Crippen LogP contribution in [-0.4, -0.2) is 17.0 Å². The highest BCUT2D eigenvalue weighted by Gasteiger charge is 2.00. The molecule has 4 heteroatoms. The molecule has 1 heterocycles. The third kappa shape index (κ3) is 3.43. The summed E-state index contributed by atoms with van der Waals surface area (Å²) in [5, 5.41) is 2.64. The number of nitrogens with one attached hydrogen (secondary N) is 1. The van der Waals surface area contributed by atoms with Crippen molar-refractivity contribution >= 4 is 11.6 Å². The molecule has 0 aliphatic carbocycles. The van der Waals surface area contributed by atoms with Crippen molar-refractivity contribution in [3.05, 3.63) is 18.5 Å². The molecule has 0 saturated carbocycles. The Morgan fingerprint density at radius 3 is 2.79 bits per heavy atom. The second-order valence-electron chi connectivity index (χ2n) is 3.26. The fourth-order valence-corrected chi connectivity index (χ4v) is 1.03. The highest BCUT2D eigenvalue weighted by Crippen LogP contribution is 2.16. The van der Waals surface area contributed by atoms with Gasteiger partial charge in [0.2, 0.25) is 5.91 Å². The number of anilines is 1. The summed E-state index contributed by atoms with van der Waals surface area (Å²) >= 11 is 0. The van der Waals surface area contributed by atoms with Gasteiger partial charge in [-0.1, -0.05) is 0 Å². The zero-order chi connectivity index (χ0) is 10.6. The third-order valence-electron chi connectivity index (χ3n) is 1.41. The van der Waals surface area contributed by atoms with Crippen LogP contribution in [-0.2, 0) is 4.79 Å².